The fourth-order valence-electron chi connectivity index (χ4n) is 3.10. The van der Waals surface area contributed by atoms with Gasteiger partial charge in [-0.25, -0.2) is 0 Å². The zero-order valence-corrected chi connectivity index (χ0v) is 12.9. The zero-order valence-electron chi connectivity index (χ0n) is 12.9. The first-order valence-corrected chi connectivity index (χ1v) is 7.77. The van der Waals surface area contributed by atoms with Gasteiger partial charge >= 0.3 is 5.97 Å². The Morgan fingerprint density at radius 1 is 1.35 bits per heavy atom. The molecule has 0 aromatic heterocycles. The summed E-state index contributed by atoms with van der Waals surface area (Å²) in [5.74, 6) is -0.856. The van der Waals surface area contributed by atoms with E-state index in [0.717, 1.165) is 25.7 Å². The van der Waals surface area contributed by atoms with Crippen molar-refractivity contribution < 1.29 is 14.7 Å². The molecule has 2 N–H and O–H groups in total. The van der Waals surface area contributed by atoms with Crippen LogP contribution in [0.15, 0.2) is 0 Å². The minimum absolute atomic E-state index is 0.0536. The molecular weight excluding hydrogens is 256 g/mol. The third-order valence-corrected chi connectivity index (χ3v) is 4.45. The minimum Gasteiger partial charge on any atom is -0.480 e. The molecular formula is C15H28N2O3. The van der Waals surface area contributed by atoms with Crippen molar-refractivity contribution in [3.63, 3.8) is 0 Å². The van der Waals surface area contributed by atoms with E-state index in [1.54, 1.807) is 0 Å². The molecule has 0 bridgehead atoms. The molecule has 1 aliphatic heterocycles. The SMILES string of the molecule is CCCCCNC(=O)C(C)N1CCCC1(CC)C(=O)O. The highest BCUT2D eigenvalue weighted by Crippen LogP contribution is 2.34. The molecule has 0 spiro atoms. The number of amides is 1. The monoisotopic (exact) mass is 284 g/mol. The van der Waals surface area contributed by atoms with Crippen molar-refractivity contribution in [3.8, 4) is 0 Å². The number of likely N-dealkylation sites (tertiary alicyclic amines) is 1. The van der Waals surface area contributed by atoms with Gasteiger partial charge in [0.15, 0.2) is 0 Å². The molecule has 0 aliphatic carbocycles. The highest BCUT2D eigenvalue weighted by molar-refractivity contribution is 5.84. The average molecular weight is 284 g/mol. The summed E-state index contributed by atoms with van der Waals surface area (Å²) in [5, 5.41) is 12.5. The molecule has 116 valence electrons. The Balaban J connectivity index is 2.63. The van der Waals surface area contributed by atoms with Crippen LogP contribution in [0.5, 0.6) is 0 Å². The molecule has 0 aromatic carbocycles. The van der Waals surface area contributed by atoms with E-state index in [-0.39, 0.29) is 11.9 Å². The van der Waals surface area contributed by atoms with Crippen molar-refractivity contribution in [2.45, 2.75) is 70.9 Å². The van der Waals surface area contributed by atoms with Crippen molar-refractivity contribution in [3.05, 3.63) is 0 Å². The molecule has 1 rings (SSSR count). The number of unbranched alkanes of at least 4 members (excludes halogenated alkanes) is 2. The maximum atomic E-state index is 12.2. The second-order valence-corrected chi connectivity index (χ2v) is 5.66. The van der Waals surface area contributed by atoms with Crippen LogP contribution >= 0.6 is 0 Å². The summed E-state index contributed by atoms with van der Waals surface area (Å²) in [4.78, 5) is 25.7. The molecule has 0 saturated carbocycles. The van der Waals surface area contributed by atoms with Gasteiger partial charge in [0.1, 0.15) is 5.54 Å². The van der Waals surface area contributed by atoms with Gasteiger partial charge in [0, 0.05) is 13.1 Å². The quantitative estimate of drug-likeness (QED) is 0.669. The lowest BCUT2D eigenvalue weighted by atomic mass is 9.92. The Hall–Kier alpha value is -1.10. The predicted octanol–water partition coefficient (Wildman–Crippen LogP) is 2.01. The second kappa shape index (κ2) is 7.62. The first kappa shape index (κ1) is 17.0. The first-order valence-electron chi connectivity index (χ1n) is 7.77. The van der Waals surface area contributed by atoms with Crippen LogP contribution in [-0.4, -0.2) is 46.6 Å². The number of rotatable bonds is 8. The van der Waals surface area contributed by atoms with Crippen LogP contribution in [0.3, 0.4) is 0 Å². The van der Waals surface area contributed by atoms with Gasteiger partial charge < -0.3 is 10.4 Å². The number of carbonyl (C=O) groups is 2. The summed E-state index contributed by atoms with van der Waals surface area (Å²) in [6.45, 7) is 7.18. The summed E-state index contributed by atoms with van der Waals surface area (Å²) in [6.07, 6.45) is 5.21. The van der Waals surface area contributed by atoms with Crippen LogP contribution < -0.4 is 5.32 Å². The van der Waals surface area contributed by atoms with Gasteiger partial charge in [0.25, 0.3) is 0 Å². The van der Waals surface area contributed by atoms with Gasteiger partial charge in [-0.3, -0.25) is 14.5 Å². The molecule has 1 fully saturated rings. The molecule has 0 aromatic rings. The lowest BCUT2D eigenvalue weighted by molar-refractivity contribution is -0.152. The molecule has 5 nitrogen and oxygen atoms in total. The molecule has 20 heavy (non-hydrogen) atoms. The number of nitrogens with one attached hydrogen (secondary N) is 1. The number of hydrogen-bond donors (Lipinski definition) is 2. The smallest absolute Gasteiger partial charge is 0.324 e. The highest BCUT2D eigenvalue weighted by atomic mass is 16.4. The molecule has 1 amide bonds. The molecule has 1 heterocycles. The largest absolute Gasteiger partial charge is 0.480 e. The third kappa shape index (κ3) is 3.51. The third-order valence-electron chi connectivity index (χ3n) is 4.45. The average Bonchev–Trinajstić information content (AvgIpc) is 2.87. The van der Waals surface area contributed by atoms with Crippen LogP contribution in [0.4, 0.5) is 0 Å². The predicted molar refractivity (Wildman–Crippen MR) is 78.6 cm³/mol. The van der Waals surface area contributed by atoms with Crippen LogP contribution in [0, 0.1) is 0 Å². The summed E-state index contributed by atoms with van der Waals surface area (Å²) in [7, 11) is 0. The number of carboxylic acids is 1. The van der Waals surface area contributed by atoms with Gasteiger partial charge in [0.2, 0.25) is 5.91 Å². The first-order chi connectivity index (χ1) is 9.49. The van der Waals surface area contributed by atoms with Crippen molar-refractivity contribution >= 4 is 11.9 Å². The van der Waals surface area contributed by atoms with Gasteiger partial charge in [-0.2, -0.15) is 0 Å². The van der Waals surface area contributed by atoms with Crippen molar-refractivity contribution in [1.82, 2.24) is 10.2 Å². The van der Waals surface area contributed by atoms with E-state index >= 15 is 0 Å². The number of aliphatic carboxylic acids is 1. The highest BCUT2D eigenvalue weighted by Gasteiger charge is 2.49. The number of carboxylic acid groups (broad SMARTS) is 1. The Labute approximate surface area is 121 Å². The van der Waals surface area contributed by atoms with E-state index in [0.29, 0.717) is 25.9 Å². The lowest BCUT2D eigenvalue weighted by Gasteiger charge is -2.37. The molecule has 1 aliphatic rings. The fraction of sp³-hybridized carbons (Fsp3) is 0.867. The summed E-state index contributed by atoms with van der Waals surface area (Å²) >= 11 is 0. The Morgan fingerprint density at radius 3 is 2.60 bits per heavy atom. The van der Waals surface area contributed by atoms with Gasteiger partial charge in [-0.15, -0.1) is 0 Å². The number of hydrogen-bond acceptors (Lipinski definition) is 3. The molecule has 2 unspecified atom stereocenters. The molecule has 0 radical (unpaired) electrons. The number of nitrogens with zero attached hydrogens (tertiary/aromatic N) is 1. The van der Waals surface area contributed by atoms with E-state index in [1.165, 1.54) is 0 Å². The van der Waals surface area contributed by atoms with Gasteiger partial charge in [-0.1, -0.05) is 26.7 Å². The van der Waals surface area contributed by atoms with Crippen LogP contribution in [0.1, 0.15) is 59.3 Å². The van der Waals surface area contributed by atoms with E-state index in [1.807, 2.05) is 18.7 Å². The Morgan fingerprint density at radius 2 is 2.05 bits per heavy atom. The number of carbonyl (C=O) groups excluding carboxylic acids is 1. The standard InChI is InChI=1S/C15H28N2O3/c1-4-6-7-10-16-13(18)12(3)17-11-8-9-15(17,5-2)14(19)20/h12H,4-11H2,1-3H3,(H,16,18)(H,19,20). The van der Waals surface area contributed by atoms with E-state index in [9.17, 15) is 14.7 Å². The fourth-order valence-corrected chi connectivity index (χ4v) is 3.10. The molecule has 5 heteroatoms. The van der Waals surface area contributed by atoms with Gasteiger partial charge in [-0.05, 0) is 32.6 Å². The Bertz CT molecular complexity index is 346. The van der Waals surface area contributed by atoms with E-state index in [2.05, 4.69) is 12.2 Å². The minimum atomic E-state index is -0.861. The summed E-state index contributed by atoms with van der Waals surface area (Å²) in [6, 6.07) is -0.379. The second-order valence-electron chi connectivity index (χ2n) is 5.66. The molecule has 2 atom stereocenters. The van der Waals surface area contributed by atoms with Crippen molar-refractivity contribution in [2.24, 2.45) is 0 Å². The van der Waals surface area contributed by atoms with Crippen molar-refractivity contribution in [2.75, 3.05) is 13.1 Å². The van der Waals surface area contributed by atoms with Crippen LogP contribution in [-0.2, 0) is 9.59 Å². The normalized spacial score (nSPS) is 24.6. The lowest BCUT2D eigenvalue weighted by Crippen LogP contribution is -2.57. The van der Waals surface area contributed by atoms with E-state index < -0.39 is 11.5 Å². The van der Waals surface area contributed by atoms with Crippen LogP contribution in [0.25, 0.3) is 0 Å². The Kier molecular flexibility index (Phi) is 6.46. The van der Waals surface area contributed by atoms with Gasteiger partial charge in [0.05, 0.1) is 6.04 Å². The van der Waals surface area contributed by atoms with E-state index in [4.69, 9.17) is 0 Å². The van der Waals surface area contributed by atoms with Crippen LogP contribution in [0.2, 0.25) is 0 Å². The van der Waals surface area contributed by atoms with Crippen molar-refractivity contribution in [1.29, 1.82) is 0 Å². The zero-order chi connectivity index (χ0) is 15.2. The maximum absolute atomic E-state index is 12.2. The summed E-state index contributed by atoms with van der Waals surface area (Å²) in [5.41, 5.74) is -0.861. The molecule has 1 saturated heterocycles. The topological polar surface area (TPSA) is 69.6 Å². The summed E-state index contributed by atoms with van der Waals surface area (Å²) < 4.78 is 0. The maximum Gasteiger partial charge on any atom is 0.324 e.